The highest BCUT2D eigenvalue weighted by atomic mass is 16.5. The van der Waals surface area contributed by atoms with Crippen LogP contribution in [-0.2, 0) is 22.4 Å². The van der Waals surface area contributed by atoms with Gasteiger partial charge in [-0.05, 0) is 48.1 Å². The van der Waals surface area contributed by atoms with Gasteiger partial charge in [-0.3, -0.25) is 9.78 Å². The molecule has 0 unspecified atom stereocenters. The van der Waals surface area contributed by atoms with Gasteiger partial charge in [-0.15, -0.1) is 0 Å². The van der Waals surface area contributed by atoms with Crippen molar-refractivity contribution < 1.29 is 9.53 Å². The second-order valence-corrected chi connectivity index (χ2v) is 6.12. The van der Waals surface area contributed by atoms with Crippen molar-refractivity contribution in [1.29, 1.82) is 0 Å². The van der Waals surface area contributed by atoms with E-state index in [2.05, 4.69) is 42.2 Å². The zero-order valence-corrected chi connectivity index (χ0v) is 15.0. The molecule has 0 bridgehead atoms. The number of pyridine rings is 1. The summed E-state index contributed by atoms with van der Waals surface area (Å²) in [7, 11) is 0. The normalized spacial score (nSPS) is 11.1. The number of carbonyl (C=O) groups is 1. The maximum absolute atomic E-state index is 11.8. The summed E-state index contributed by atoms with van der Waals surface area (Å²) in [6.07, 6.45) is 11.8. The summed E-state index contributed by atoms with van der Waals surface area (Å²) in [5.74, 6) is 0.108. The zero-order chi connectivity index (χ0) is 17.7. The maximum atomic E-state index is 11.8. The van der Waals surface area contributed by atoms with E-state index in [0.29, 0.717) is 13.0 Å². The van der Waals surface area contributed by atoms with Crippen LogP contribution < -0.4 is 0 Å². The molecule has 0 amide bonds. The number of hydrogen-bond donors (Lipinski definition) is 0. The van der Waals surface area contributed by atoms with E-state index in [1.165, 1.54) is 11.1 Å². The van der Waals surface area contributed by atoms with Gasteiger partial charge in [0.1, 0.15) is 0 Å². The predicted molar refractivity (Wildman–Crippen MR) is 102 cm³/mol. The lowest BCUT2D eigenvalue weighted by molar-refractivity contribution is -0.115. The van der Waals surface area contributed by atoms with Gasteiger partial charge in [0, 0.05) is 25.4 Å². The minimum absolute atomic E-state index is 0.108. The topological polar surface area (TPSA) is 39.2 Å². The molecular formula is C22H27NO2. The summed E-state index contributed by atoms with van der Waals surface area (Å²) in [5.41, 5.74) is 3.58. The highest BCUT2D eigenvalue weighted by Gasteiger charge is 1.99. The number of benzene rings is 1. The molecule has 3 nitrogen and oxygen atoms in total. The lowest BCUT2D eigenvalue weighted by atomic mass is 10.0. The number of rotatable bonds is 11. The van der Waals surface area contributed by atoms with Crippen molar-refractivity contribution in [3.8, 4) is 0 Å². The molecule has 0 saturated heterocycles. The van der Waals surface area contributed by atoms with Crippen LogP contribution in [0, 0.1) is 0 Å². The number of allylic oxidation sites excluding steroid dienone is 1. The Morgan fingerprint density at radius 2 is 1.88 bits per heavy atom. The first-order valence-electron chi connectivity index (χ1n) is 9.04. The molecule has 0 fully saturated rings. The van der Waals surface area contributed by atoms with Crippen molar-refractivity contribution in [2.45, 2.75) is 39.0 Å². The van der Waals surface area contributed by atoms with Gasteiger partial charge in [0.15, 0.2) is 5.78 Å². The average molecular weight is 337 g/mol. The number of hydrogen-bond acceptors (Lipinski definition) is 3. The fraction of sp³-hybridized carbons (Fsp3) is 0.364. The van der Waals surface area contributed by atoms with Crippen LogP contribution in [-0.4, -0.2) is 24.0 Å². The lowest BCUT2D eigenvalue weighted by Crippen LogP contribution is -2.02. The maximum Gasteiger partial charge on any atom is 0.158 e. The third kappa shape index (κ3) is 7.90. The number of unbranched alkanes of at least 4 members (excludes halogenated alkanes) is 1. The van der Waals surface area contributed by atoms with Gasteiger partial charge in [-0.2, -0.15) is 0 Å². The molecule has 0 saturated carbocycles. The molecule has 0 radical (unpaired) electrons. The van der Waals surface area contributed by atoms with Gasteiger partial charge < -0.3 is 4.74 Å². The summed E-state index contributed by atoms with van der Waals surface area (Å²) < 4.78 is 5.42. The van der Waals surface area contributed by atoms with Crippen LogP contribution in [0.15, 0.2) is 54.9 Å². The molecule has 1 aromatic carbocycles. The number of ketones is 1. The van der Waals surface area contributed by atoms with Crippen molar-refractivity contribution in [1.82, 2.24) is 4.98 Å². The molecule has 1 heterocycles. The molecule has 0 aliphatic heterocycles. The van der Waals surface area contributed by atoms with Crippen LogP contribution >= 0.6 is 0 Å². The van der Waals surface area contributed by atoms with Crippen molar-refractivity contribution in [2.75, 3.05) is 13.2 Å². The van der Waals surface area contributed by atoms with Crippen LogP contribution in [0.2, 0.25) is 0 Å². The quantitative estimate of drug-likeness (QED) is 0.442. The van der Waals surface area contributed by atoms with Crippen LogP contribution in [0.25, 0.3) is 6.08 Å². The highest BCUT2D eigenvalue weighted by Crippen LogP contribution is 2.10. The minimum atomic E-state index is 0.108. The summed E-state index contributed by atoms with van der Waals surface area (Å²) in [6.45, 7) is 3.38. The first-order chi connectivity index (χ1) is 12.3. The standard InChI is InChI=1S/C22H27NO2/c1-2-3-16-25-17-14-22(24)13-12-20-8-6-19(7-9-20)10-11-21-5-4-15-23-18-21/h4-9,12-13,15,18H,2-3,10-11,14,16-17H2,1H3. The van der Waals surface area contributed by atoms with Crippen LogP contribution in [0.1, 0.15) is 42.9 Å². The smallest absolute Gasteiger partial charge is 0.158 e. The van der Waals surface area contributed by atoms with Gasteiger partial charge in [0.05, 0.1) is 6.61 Å². The zero-order valence-electron chi connectivity index (χ0n) is 15.0. The fourth-order valence-corrected chi connectivity index (χ4v) is 2.42. The van der Waals surface area contributed by atoms with E-state index in [0.717, 1.165) is 37.9 Å². The minimum Gasteiger partial charge on any atom is -0.381 e. The molecular weight excluding hydrogens is 310 g/mol. The van der Waals surface area contributed by atoms with Gasteiger partial charge in [-0.1, -0.05) is 49.8 Å². The highest BCUT2D eigenvalue weighted by molar-refractivity contribution is 5.93. The number of aryl methyl sites for hydroxylation is 2. The first-order valence-corrected chi connectivity index (χ1v) is 9.04. The molecule has 1 aromatic heterocycles. The van der Waals surface area contributed by atoms with Gasteiger partial charge >= 0.3 is 0 Å². The Hall–Kier alpha value is -2.26. The Labute approximate surface area is 150 Å². The Balaban J connectivity index is 1.72. The van der Waals surface area contributed by atoms with E-state index < -0.39 is 0 Å². The second kappa shape index (κ2) is 11.3. The number of ether oxygens (including phenoxy) is 1. The van der Waals surface area contributed by atoms with Crippen molar-refractivity contribution in [3.05, 3.63) is 71.6 Å². The van der Waals surface area contributed by atoms with Crippen molar-refractivity contribution >= 4 is 11.9 Å². The van der Waals surface area contributed by atoms with Gasteiger partial charge in [0.25, 0.3) is 0 Å². The van der Waals surface area contributed by atoms with Gasteiger partial charge in [-0.25, -0.2) is 0 Å². The summed E-state index contributed by atoms with van der Waals surface area (Å²) >= 11 is 0. The molecule has 0 aliphatic carbocycles. The summed E-state index contributed by atoms with van der Waals surface area (Å²) in [5, 5.41) is 0. The van der Waals surface area contributed by atoms with E-state index in [4.69, 9.17) is 4.74 Å². The lowest BCUT2D eigenvalue weighted by Gasteiger charge is -2.03. The molecule has 2 aromatic rings. The monoisotopic (exact) mass is 337 g/mol. The van der Waals surface area contributed by atoms with Crippen LogP contribution in [0.5, 0.6) is 0 Å². The summed E-state index contributed by atoms with van der Waals surface area (Å²) in [4.78, 5) is 15.9. The Morgan fingerprint density at radius 1 is 1.08 bits per heavy atom. The fourth-order valence-electron chi connectivity index (χ4n) is 2.42. The number of carbonyl (C=O) groups excluding carboxylic acids is 1. The second-order valence-electron chi connectivity index (χ2n) is 6.12. The third-order valence-corrected chi connectivity index (χ3v) is 4.00. The molecule has 0 aliphatic rings. The predicted octanol–water partition coefficient (Wildman–Crippen LogP) is 4.66. The molecule has 0 spiro atoms. The van der Waals surface area contributed by atoms with Crippen LogP contribution in [0.3, 0.4) is 0 Å². The largest absolute Gasteiger partial charge is 0.381 e. The molecule has 132 valence electrons. The molecule has 0 N–H and O–H groups in total. The average Bonchev–Trinajstić information content (AvgIpc) is 2.66. The SMILES string of the molecule is CCCCOCCC(=O)C=Cc1ccc(CCc2cccnc2)cc1. The molecule has 3 heteroatoms. The Bertz CT molecular complexity index is 647. The number of aromatic nitrogens is 1. The Kier molecular flexibility index (Phi) is 8.64. The van der Waals surface area contributed by atoms with E-state index in [-0.39, 0.29) is 5.78 Å². The molecule has 0 atom stereocenters. The van der Waals surface area contributed by atoms with Crippen molar-refractivity contribution in [3.63, 3.8) is 0 Å². The first kappa shape index (κ1) is 19.1. The van der Waals surface area contributed by atoms with E-state index >= 15 is 0 Å². The summed E-state index contributed by atoms with van der Waals surface area (Å²) in [6, 6.07) is 12.4. The molecule has 25 heavy (non-hydrogen) atoms. The Morgan fingerprint density at radius 3 is 2.60 bits per heavy atom. The van der Waals surface area contributed by atoms with E-state index in [1.54, 1.807) is 12.3 Å². The van der Waals surface area contributed by atoms with Crippen molar-refractivity contribution in [2.24, 2.45) is 0 Å². The third-order valence-electron chi connectivity index (χ3n) is 4.00. The molecule has 2 rings (SSSR count). The van der Waals surface area contributed by atoms with Crippen LogP contribution in [0.4, 0.5) is 0 Å². The van der Waals surface area contributed by atoms with E-state index in [1.807, 2.05) is 18.3 Å². The van der Waals surface area contributed by atoms with E-state index in [9.17, 15) is 4.79 Å². The van der Waals surface area contributed by atoms with Gasteiger partial charge in [0.2, 0.25) is 0 Å². The number of nitrogens with zero attached hydrogens (tertiary/aromatic N) is 1.